The molecule has 0 radical (unpaired) electrons. The van der Waals surface area contributed by atoms with Crippen LogP contribution in [0.4, 0.5) is 17.6 Å². The van der Waals surface area contributed by atoms with E-state index in [0.29, 0.717) is 18.5 Å². The van der Waals surface area contributed by atoms with Gasteiger partial charge in [-0.25, -0.2) is 4.39 Å². The number of carbonyl (C=O) groups excluding carboxylic acids is 2. The van der Waals surface area contributed by atoms with Crippen molar-refractivity contribution in [3.05, 3.63) is 94.3 Å². The van der Waals surface area contributed by atoms with Crippen LogP contribution in [0.25, 0.3) is 11.1 Å². The van der Waals surface area contributed by atoms with Gasteiger partial charge in [0.25, 0.3) is 5.91 Å². The minimum absolute atomic E-state index is 0.171. The third kappa shape index (κ3) is 4.21. The molecule has 0 unspecified atom stereocenters. The van der Waals surface area contributed by atoms with Crippen LogP contribution in [0.5, 0.6) is 0 Å². The van der Waals surface area contributed by atoms with Gasteiger partial charge in [0.15, 0.2) is 0 Å². The fourth-order valence-electron chi connectivity index (χ4n) is 3.80. The molecule has 8 heteroatoms. The van der Waals surface area contributed by atoms with Gasteiger partial charge in [0.1, 0.15) is 5.82 Å². The van der Waals surface area contributed by atoms with Gasteiger partial charge in [-0.1, -0.05) is 24.3 Å². The molecule has 0 bridgehead atoms. The molecule has 164 valence electrons. The Morgan fingerprint density at radius 1 is 0.906 bits per heavy atom. The number of amides is 2. The lowest BCUT2D eigenvalue weighted by molar-refractivity contribution is -0.137. The molecule has 1 aliphatic heterocycles. The maximum atomic E-state index is 14.8. The van der Waals surface area contributed by atoms with E-state index in [1.807, 2.05) is 0 Å². The first kappa shape index (κ1) is 21.5. The maximum Gasteiger partial charge on any atom is 0.416 e. The molecule has 0 spiro atoms. The minimum atomic E-state index is -4.51. The number of carbonyl (C=O) groups is 2. The molecule has 1 heterocycles. The maximum absolute atomic E-state index is 14.8. The van der Waals surface area contributed by atoms with E-state index in [9.17, 15) is 27.2 Å². The van der Waals surface area contributed by atoms with Crippen LogP contribution in [0.15, 0.2) is 60.7 Å². The Labute approximate surface area is 181 Å². The fourth-order valence-corrected chi connectivity index (χ4v) is 3.80. The minimum Gasteiger partial charge on any atom is -0.366 e. The van der Waals surface area contributed by atoms with Crippen LogP contribution < -0.4 is 5.73 Å². The zero-order valence-corrected chi connectivity index (χ0v) is 16.7. The third-order valence-corrected chi connectivity index (χ3v) is 5.51. The first-order valence-electron chi connectivity index (χ1n) is 9.81. The Kier molecular flexibility index (Phi) is 5.46. The second kappa shape index (κ2) is 8.11. The molecule has 4 nitrogen and oxygen atoms in total. The van der Waals surface area contributed by atoms with Crippen molar-refractivity contribution in [2.45, 2.75) is 19.1 Å². The van der Waals surface area contributed by atoms with Gasteiger partial charge in [0.2, 0.25) is 5.91 Å². The van der Waals surface area contributed by atoms with Gasteiger partial charge >= 0.3 is 6.18 Å². The average molecular weight is 442 g/mol. The Morgan fingerprint density at radius 2 is 1.66 bits per heavy atom. The third-order valence-electron chi connectivity index (χ3n) is 5.51. The summed E-state index contributed by atoms with van der Waals surface area (Å²) >= 11 is 0. The van der Waals surface area contributed by atoms with Crippen molar-refractivity contribution in [1.29, 1.82) is 0 Å². The van der Waals surface area contributed by atoms with Crippen LogP contribution in [0.2, 0.25) is 0 Å². The van der Waals surface area contributed by atoms with Gasteiger partial charge < -0.3 is 10.6 Å². The molecule has 2 N–H and O–H groups in total. The predicted octanol–water partition coefficient (Wildman–Crippen LogP) is 4.81. The first-order chi connectivity index (χ1) is 15.1. The van der Waals surface area contributed by atoms with Crippen LogP contribution in [0.3, 0.4) is 0 Å². The summed E-state index contributed by atoms with van der Waals surface area (Å²) in [5.74, 6) is -1.93. The summed E-state index contributed by atoms with van der Waals surface area (Å²) in [4.78, 5) is 25.8. The summed E-state index contributed by atoms with van der Waals surface area (Å²) in [5, 5.41) is 0. The number of halogens is 4. The molecular formula is C24H18F4N2O2. The summed E-state index contributed by atoms with van der Waals surface area (Å²) in [6.45, 7) is 0.570. The van der Waals surface area contributed by atoms with Gasteiger partial charge in [-0.3, -0.25) is 9.59 Å². The van der Waals surface area contributed by atoms with Crippen LogP contribution in [0, 0.1) is 5.82 Å². The van der Waals surface area contributed by atoms with Crippen molar-refractivity contribution in [3.8, 4) is 11.1 Å². The van der Waals surface area contributed by atoms with Crippen molar-refractivity contribution in [3.63, 3.8) is 0 Å². The number of hydrogen-bond donors (Lipinski definition) is 1. The van der Waals surface area contributed by atoms with Gasteiger partial charge in [-0.2, -0.15) is 13.2 Å². The zero-order valence-electron chi connectivity index (χ0n) is 16.7. The van der Waals surface area contributed by atoms with Crippen molar-refractivity contribution < 1.29 is 27.2 Å². The number of benzene rings is 3. The zero-order chi connectivity index (χ0) is 23.0. The highest BCUT2D eigenvalue weighted by atomic mass is 19.4. The molecule has 4 rings (SSSR count). The lowest BCUT2D eigenvalue weighted by atomic mass is 9.96. The second-order valence-electron chi connectivity index (χ2n) is 7.60. The molecule has 3 aromatic carbocycles. The van der Waals surface area contributed by atoms with Crippen molar-refractivity contribution in [2.75, 3.05) is 6.54 Å². The fraction of sp³-hybridized carbons (Fsp3) is 0.167. The number of alkyl halides is 3. The van der Waals surface area contributed by atoms with E-state index in [1.165, 1.54) is 29.2 Å². The molecule has 1 aliphatic rings. The number of rotatable bonds is 3. The lowest BCUT2D eigenvalue weighted by Crippen LogP contribution is -2.36. The highest BCUT2D eigenvalue weighted by Crippen LogP contribution is 2.33. The smallest absolute Gasteiger partial charge is 0.366 e. The van der Waals surface area contributed by atoms with E-state index in [0.717, 1.165) is 29.3 Å². The molecule has 0 saturated carbocycles. The van der Waals surface area contributed by atoms with E-state index in [1.54, 1.807) is 18.2 Å². The molecule has 2 amide bonds. The summed E-state index contributed by atoms with van der Waals surface area (Å²) in [5.41, 5.74) is 6.82. The standard InChI is InChI=1S/C24H18F4N2O2/c25-21-12-16(15-2-1-3-19(11-15)24(26,27)28)6-7-20(21)23(32)30-9-8-14-4-5-17(22(29)31)10-18(14)13-30/h1-7,10-12H,8-9,13H2,(H2,29,31). The number of primary amides is 1. The van der Waals surface area contributed by atoms with E-state index in [4.69, 9.17) is 5.73 Å². The van der Waals surface area contributed by atoms with Crippen LogP contribution in [-0.2, 0) is 19.1 Å². The molecule has 3 aromatic rings. The Hall–Kier alpha value is -3.68. The molecule has 0 saturated heterocycles. The molecule has 0 atom stereocenters. The van der Waals surface area contributed by atoms with E-state index in [2.05, 4.69) is 0 Å². The van der Waals surface area contributed by atoms with Gasteiger partial charge in [-0.15, -0.1) is 0 Å². The van der Waals surface area contributed by atoms with Crippen molar-refractivity contribution in [1.82, 2.24) is 4.90 Å². The summed E-state index contributed by atoms with van der Waals surface area (Å²) < 4.78 is 53.7. The second-order valence-corrected chi connectivity index (χ2v) is 7.60. The monoisotopic (exact) mass is 442 g/mol. The lowest BCUT2D eigenvalue weighted by Gasteiger charge is -2.29. The average Bonchev–Trinajstić information content (AvgIpc) is 2.77. The van der Waals surface area contributed by atoms with Crippen molar-refractivity contribution in [2.24, 2.45) is 5.73 Å². The van der Waals surface area contributed by atoms with E-state index >= 15 is 0 Å². The number of nitrogens with zero attached hydrogens (tertiary/aromatic N) is 1. The van der Waals surface area contributed by atoms with Gasteiger partial charge in [0, 0.05) is 18.7 Å². The predicted molar refractivity (Wildman–Crippen MR) is 110 cm³/mol. The number of nitrogens with two attached hydrogens (primary N) is 1. The first-order valence-corrected chi connectivity index (χ1v) is 9.81. The summed E-state index contributed by atoms with van der Waals surface area (Å²) in [6.07, 6.45) is -3.96. The van der Waals surface area contributed by atoms with E-state index in [-0.39, 0.29) is 23.2 Å². The molecule has 0 aliphatic carbocycles. The van der Waals surface area contributed by atoms with Crippen LogP contribution >= 0.6 is 0 Å². The highest BCUT2D eigenvalue weighted by Gasteiger charge is 2.30. The van der Waals surface area contributed by atoms with Crippen molar-refractivity contribution >= 4 is 11.8 Å². The Morgan fingerprint density at radius 3 is 2.34 bits per heavy atom. The normalized spacial score (nSPS) is 13.6. The summed E-state index contributed by atoms with van der Waals surface area (Å²) in [6, 6.07) is 13.4. The van der Waals surface area contributed by atoms with E-state index < -0.39 is 29.4 Å². The Bertz CT molecular complexity index is 1220. The topological polar surface area (TPSA) is 63.4 Å². The highest BCUT2D eigenvalue weighted by molar-refractivity contribution is 5.95. The molecule has 0 fully saturated rings. The van der Waals surface area contributed by atoms with Gasteiger partial charge in [-0.05, 0) is 65.1 Å². The van der Waals surface area contributed by atoms with Gasteiger partial charge in [0.05, 0.1) is 11.1 Å². The number of hydrogen-bond acceptors (Lipinski definition) is 2. The summed E-state index contributed by atoms with van der Waals surface area (Å²) in [7, 11) is 0. The molecule has 32 heavy (non-hydrogen) atoms. The number of fused-ring (bicyclic) bond motifs is 1. The molecular weight excluding hydrogens is 424 g/mol. The van der Waals surface area contributed by atoms with Crippen LogP contribution in [0.1, 0.15) is 37.4 Å². The molecule has 0 aromatic heterocycles. The largest absolute Gasteiger partial charge is 0.416 e. The quantitative estimate of drug-likeness (QED) is 0.592. The van der Waals surface area contributed by atoms with Crippen LogP contribution in [-0.4, -0.2) is 23.3 Å². The Balaban J connectivity index is 1.58. The SMILES string of the molecule is NC(=O)c1ccc2c(c1)CN(C(=O)c1ccc(-c3cccc(C(F)(F)F)c3)cc1F)CC2.